The van der Waals surface area contributed by atoms with Crippen LogP contribution in [0.15, 0.2) is 78.0 Å². The Labute approximate surface area is 365 Å². The number of oxime groups is 1. The third-order valence-corrected chi connectivity index (χ3v) is 15.3. The van der Waals surface area contributed by atoms with Crippen molar-refractivity contribution in [1.29, 1.82) is 0 Å². The lowest BCUT2D eigenvalue weighted by molar-refractivity contribution is -0.384. The van der Waals surface area contributed by atoms with Crippen molar-refractivity contribution in [2.75, 3.05) is 40.8 Å². The molecule has 4 aromatic carbocycles. The molecule has 0 unspecified atom stereocenters. The van der Waals surface area contributed by atoms with Gasteiger partial charge in [0.2, 0.25) is 0 Å². The largest absolute Gasteiger partial charge is 0.411 e. The number of nitrogens with zero attached hydrogens (tertiary/aromatic N) is 5. The first-order valence-electron chi connectivity index (χ1n) is 20.6. The number of hydrogen-bond acceptors (Lipinski definition) is 13. The van der Waals surface area contributed by atoms with Crippen LogP contribution in [-0.4, -0.2) is 76.4 Å². The predicted octanol–water partition coefficient (Wildman–Crippen LogP) is 11.9. The van der Waals surface area contributed by atoms with E-state index in [2.05, 4.69) is 14.3 Å². The quantitative estimate of drug-likeness (QED) is 0.0128. The van der Waals surface area contributed by atoms with E-state index in [1.807, 2.05) is 30.3 Å². The van der Waals surface area contributed by atoms with Gasteiger partial charge >= 0.3 is 15.2 Å². The Morgan fingerprint density at radius 2 is 0.921 bits per heavy atom. The third-order valence-electron chi connectivity index (χ3n) is 11.3. The number of carbonyl (C=O) groups excluding carboxylic acids is 1. The summed E-state index contributed by atoms with van der Waals surface area (Å²) in [6, 6.07) is 21.0. The number of aryl methyl sites for hydroxylation is 2. The fraction of sp³-hybridized carbons (Fsp3) is 0.409. The van der Waals surface area contributed by atoms with E-state index in [0.29, 0.717) is 23.6 Å². The Balaban J connectivity index is 0.000000238. The smallest absolute Gasteiger partial charge is 0.330 e. The van der Waals surface area contributed by atoms with Gasteiger partial charge in [0.1, 0.15) is 0 Å². The summed E-state index contributed by atoms with van der Waals surface area (Å²) in [6.07, 6.45) is 7.77. The molecule has 6 aromatic rings. The molecule has 0 atom stereocenters. The lowest BCUT2D eigenvalue weighted by atomic mass is 10.1. The minimum atomic E-state index is -2.96. The number of rotatable bonds is 22. The lowest BCUT2D eigenvalue weighted by Crippen LogP contribution is -1.99. The molecule has 0 saturated heterocycles. The molecule has 0 radical (unpaired) electrons. The molecule has 338 valence electrons. The number of nitro groups is 2. The summed E-state index contributed by atoms with van der Waals surface area (Å²) in [6.45, 7) is 4.70. The number of fused-ring (bicyclic) bond motifs is 6. The number of non-ortho nitro benzene ring substituents is 2. The maximum Gasteiger partial charge on any atom is 0.330 e. The van der Waals surface area contributed by atoms with Gasteiger partial charge in [0.15, 0.2) is 5.78 Å². The van der Waals surface area contributed by atoms with Crippen LogP contribution in [0.5, 0.6) is 0 Å². The van der Waals surface area contributed by atoms with Crippen LogP contribution in [-0.2, 0) is 40.3 Å². The fourth-order valence-corrected chi connectivity index (χ4v) is 10.0. The molecule has 1 N–H and O–H groups in total. The molecule has 0 amide bonds. The molecule has 0 aliphatic carbocycles. The molecule has 6 rings (SSSR count). The van der Waals surface area contributed by atoms with Crippen molar-refractivity contribution in [3.05, 3.63) is 104 Å². The highest BCUT2D eigenvalue weighted by Crippen LogP contribution is 2.48. The topological polar surface area (TPSA) is 217 Å². The number of unbranched alkanes of at least 4 members (excludes halogenated alkanes) is 6. The Morgan fingerprint density at radius 3 is 1.29 bits per heavy atom. The molecule has 2 aromatic heterocycles. The number of Topliss-reactive ketones (excluding diaryl/α,β-unsaturated/α-hetero) is 1. The SMILES string of the molecule is COP(=O)(CCCCCCn1c2ccc(/C(C)=N/O)cc2c2cc([N+](=O)[O-])ccc21)OC.COP(=O)(CCCCCCn1c2ccc(C(C)=O)cc2c2cc([N+](=O)[O-])ccc21)OC. The number of ketones is 1. The minimum absolute atomic E-state index is 0.0282. The van der Waals surface area contributed by atoms with Crippen LogP contribution in [0, 0.1) is 20.2 Å². The van der Waals surface area contributed by atoms with Crippen LogP contribution in [0.4, 0.5) is 11.4 Å². The van der Waals surface area contributed by atoms with Crippen molar-refractivity contribution in [3.8, 4) is 0 Å². The Kier molecular flexibility index (Phi) is 16.9. The van der Waals surface area contributed by atoms with E-state index in [-0.39, 0.29) is 17.2 Å². The molecule has 0 spiro atoms. The van der Waals surface area contributed by atoms with E-state index in [9.17, 15) is 34.2 Å². The summed E-state index contributed by atoms with van der Waals surface area (Å²) < 4.78 is 48.4. The van der Waals surface area contributed by atoms with Gasteiger partial charge < -0.3 is 32.4 Å². The van der Waals surface area contributed by atoms with Crippen LogP contribution in [0.1, 0.15) is 81.1 Å². The highest BCUT2D eigenvalue weighted by Gasteiger charge is 2.22. The van der Waals surface area contributed by atoms with Crippen molar-refractivity contribution in [1.82, 2.24) is 9.13 Å². The first kappa shape index (κ1) is 48.7. The summed E-state index contributed by atoms with van der Waals surface area (Å²) in [7, 11) is -0.324. The zero-order valence-corrected chi connectivity index (χ0v) is 38.3. The van der Waals surface area contributed by atoms with Gasteiger partial charge in [-0.05, 0) is 87.6 Å². The molecule has 19 heteroatoms. The molecule has 0 bridgehead atoms. The average Bonchev–Trinajstić information content (AvgIpc) is 3.78. The van der Waals surface area contributed by atoms with Crippen LogP contribution >= 0.6 is 15.2 Å². The number of aromatic nitrogens is 2. The number of nitro benzene ring substituents is 2. The maximum absolute atomic E-state index is 12.1. The van der Waals surface area contributed by atoms with Crippen LogP contribution < -0.4 is 0 Å². The van der Waals surface area contributed by atoms with E-state index in [0.717, 1.165) is 114 Å². The Bertz CT molecular complexity index is 2660. The molecule has 63 heavy (non-hydrogen) atoms. The Hall–Kier alpha value is -5.28. The zero-order chi connectivity index (χ0) is 45.9. The second-order valence-electron chi connectivity index (χ2n) is 15.2. The molecule has 17 nitrogen and oxygen atoms in total. The normalized spacial score (nSPS) is 12.3. The first-order valence-corrected chi connectivity index (χ1v) is 24.1. The van der Waals surface area contributed by atoms with Crippen molar-refractivity contribution < 1.29 is 47.1 Å². The maximum atomic E-state index is 12.1. The van der Waals surface area contributed by atoms with Crippen molar-refractivity contribution in [3.63, 3.8) is 0 Å². The van der Waals surface area contributed by atoms with Gasteiger partial charge in [-0.2, -0.15) is 0 Å². The molecule has 0 aliphatic heterocycles. The second-order valence-corrected chi connectivity index (χ2v) is 20.0. The summed E-state index contributed by atoms with van der Waals surface area (Å²) >= 11 is 0. The van der Waals surface area contributed by atoms with Gasteiger partial charge in [0.25, 0.3) is 11.4 Å². The van der Waals surface area contributed by atoms with E-state index >= 15 is 0 Å². The monoisotopic (exact) mass is 907 g/mol. The van der Waals surface area contributed by atoms with Gasteiger partial charge in [-0.25, -0.2) is 0 Å². The van der Waals surface area contributed by atoms with Gasteiger partial charge in [0, 0.05) is 115 Å². The van der Waals surface area contributed by atoms with Crippen molar-refractivity contribution >= 4 is 81.7 Å². The van der Waals surface area contributed by atoms with Gasteiger partial charge in [-0.1, -0.05) is 36.9 Å². The molecule has 2 heterocycles. The van der Waals surface area contributed by atoms with Crippen molar-refractivity contribution in [2.45, 2.75) is 78.3 Å². The van der Waals surface area contributed by atoms with E-state index in [4.69, 9.17) is 23.3 Å². The molecular weight excluding hydrogens is 852 g/mol. The van der Waals surface area contributed by atoms with E-state index in [1.54, 1.807) is 37.3 Å². The minimum Gasteiger partial charge on any atom is -0.411 e. The summed E-state index contributed by atoms with van der Waals surface area (Å²) in [5.74, 6) is -0.0439. The number of carbonyl (C=O) groups is 1. The molecular formula is C44H55N5O12P2. The van der Waals surface area contributed by atoms with Gasteiger partial charge in [-0.3, -0.25) is 34.2 Å². The highest BCUT2D eigenvalue weighted by atomic mass is 31.2. The highest BCUT2D eigenvalue weighted by molar-refractivity contribution is 7.54. The summed E-state index contributed by atoms with van der Waals surface area (Å²) in [5, 5.41) is 38.2. The standard InChI is InChI=1S/C22H28N3O6P.C22H27N2O6P/c1-16(23-26)17-8-10-21-19(14-17)20-15-18(25(27)28)9-11-22(20)24(21)12-6-4-5-7-13-32(29,30-2)31-3;1-16(25)17-8-10-21-19(14-17)20-15-18(24(26)27)9-11-22(20)23(21)12-6-4-5-7-13-31(28,29-2)30-3/h8-11,14-15,26H,4-7,12-13H2,1-3H3;8-11,14-15H,4-7,12-13H2,1-3H3/b23-16+;. The number of hydrogen-bond donors (Lipinski definition) is 1. The summed E-state index contributed by atoms with van der Waals surface area (Å²) in [5.41, 5.74) is 5.62. The van der Waals surface area contributed by atoms with Crippen LogP contribution in [0.3, 0.4) is 0 Å². The lowest BCUT2D eigenvalue weighted by Gasteiger charge is -2.13. The van der Waals surface area contributed by atoms with Gasteiger partial charge in [-0.15, -0.1) is 0 Å². The van der Waals surface area contributed by atoms with Gasteiger partial charge in [0.05, 0.1) is 27.9 Å². The zero-order valence-electron chi connectivity index (χ0n) is 36.5. The molecule has 0 aliphatic rings. The third kappa shape index (κ3) is 11.7. The van der Waals surface area contributed by atoms with Crippen molar-refractivity contribution in [2.24, 2.45) is 5.16 Å². The summed E-state index contributed by atoms with van der Waals surface area (Å²) in [4.78, 5) is 33.6. The first-order chi connectivity index (χ1) is 30.1. The Morgan fingerprint density at radius 1 is 0.571 bits per heavy atom. The second kappa shape index (κ2) is 21.9. The van der Waals surface area contributed by atoms with Crippen LogP contribution in [0.2, 0.25) is 0 Å². The van der Waals surface area contributed by atoms with E-state index < -0.39 is 25.0 Å². The predicted molar refractivity (Wildman–Crippen MR) is 246 cm³/mol. The molecule has 0 fully saturated rings. The fourth-order valence-electron chi connectivity index (χ4n) is 7.77. The molecule has 0 saturated carbocycles. The van der Waals surface area contributed by atoms with E-state index in [1.165, 1.54) is 47.5 Å². The number of benzene rings is 4. The average molecular weight is 908 g/mol. The van der Waals surface area contributed by atoms with Crippen LogP contribution in [0.25, 0.3) is 43.6 Å².